The van der Waals surface area contributed by atoms with Crippen molar-refractivity contribution in [1.82, 2.24) is 4.90 Å². The first-order valence-corrected chi connectivity index (χ1v) is 7.24. The van der Waals surface area contributed by atoms with E-state index in [1.807, 2.05) is 12.2 Å². The zero-order valence-electron chi connectivity index (χ0n) is 11.3. The number of amides is 2. The molecule has 1 fully saturated rings. The number of imide groups is 1. The molecular formula is C16H14ClNO3. The standard InChI is InChI=1S/C16H14ClNO3/c17-11-7-5-10(6-8-11)14(19)9-18-15(20)12-3-1-2-4-13(12)16(18)21/h1-2,5-8,12-13H,3-4,9H2/t12-,13-/m1/s1. The summed E-state index contributed by atoms with van der Waals surface area (Å²) in [5.74, 6) is -1.28. The lowest BCUT2D eigenvalue weighted by molar-refractivity contribution is -0.139. The van der Waals surface area contributed by atoms with Crippen LogP contribution in [0.5, 0.6) is 0 Å². The molecule has 21 heavy (non-hydrogen) atoms. The summed E-state index contributed by atoms with van der Waals surface area (Å²) >= 11 is 5.78. The van der Waals surface area contributed by atoms with E-state index in [-0.39, 0.29) is 36.0 Å². The summed E-state index contributed by atoms with van der Waals surface area (Å²) in [5.41, 5.74) is 0.452. The Morgan fingerprint density at radius 1 is 1.05 bits per heavy atom. The second-order valence-electron chi connectivity index (χ2n) is 5.35. The van der Waals surface area contributed by atoms with Crippen LogP contribution >= 0.6 is 11.6 Å². The fourth-order valence-electron chi connectivity index (χ4n) is 2.90. The van der Waals surface area contributed by atoms with Gasteiger partial charge >= 0.3 is 0 Å². The van der Waals surface area contributed by atoms with Gasteiger partial charge in [-0.15, -0.1) is 0 Å². The topological polar surface area (TPSA) is 54.5 Å². The lowest BCUT2D eigenvalue weighted by atomic mass is 9.85. The highest BCUT2D eigenvalue weighted by Crippen LogP contribution is 2.35. The number of ketones is 1. The van der Waals surface area contributed by atoms with E-state index >= 15 is 0 Å². The average Bonchev–Trinajstić information content (AvgIpc) is 2.73. The number of carbonyl (C=O) groups excluding carboxylic acids is 3. The molecular weight excluding hydrogens is 290 g/mol. The van der Waals surface area contributed by atoms with Gasteiger partial charge in [0, 0.05) is 10.6 Å². The maximum absolute atomic E-state index is 12.3. The van der Waals surface area contributed by atoms with E-state index in [9.17, 15) is 14.4 Å². The molecule has 0 aromatic heterocycles. The highest BCUT2D eigenvalue weighted by Gasteiger charge is 2.47. The number of hydrogen-bond acceptors (Lipinski definition) is 3. The molecule has 5 heteroatoms. The Hall–Kier alpha value is -1.94. The highest BCUT2D eigenvalue weighted by atomic mass is 35.5. The molecule has 0 N–H and O–H groups in total. The molecule has 1 aromatic carbocycles. The van der Waals surface area contributed by atoms with Gasteiger partial charge in [-0.05, 0) is 37.1 Å². The van der Waals surface area contributed by atoms with Crippen LogP contribution in [0, 0.1) is 11.8 Å². The van der Waals surface area contributed by atoms with Crippen molar-refractivity contribution in [1.29, 1.82) is 0 Å². The summed E-state index contributed by atoms with van der Waals surface area (Å²) in [6.45, 7) is -0.188. The van der Waals surface area contributed by atoms with Crippen molar-refractivity contribution in [2.24, 2.45) is 11.8 Å². The summed E-state index contributed by atoms with van der Waals surface area (Å²) in [6.07, 6.45) is 5.02. The largest absolute Gasteiger partial charge is 0.292 e. The normalized spacial score (nSPS) is 24.3. The lowest BCUT2D eigenvalue weighted by Gasteiger charge is -2.14. The van der Waals surface area contributed by atoms with Crippen LogP contribution in [-0.2, 0) is 9.59 Å². The first kappa shape index (κ1) is 14.0. The van der Waals surface area contributed by atoms with Crippen LogP contribution in [0.15, 0.2) is 36.4 Å². The molecule has 1 aromatic rings. The third-order valence-corrected chi connectivity index (χ3v) is 4.32. The summed E-state index contributed by atoms with van der Waals surface area (Å²) in [6, 6.07) is 6.44. The Kier molecular flexibility index (Phi) is 3.64. The molecule has 1 aliphatic carbocycles. The maximum Gasteiger partial charge on any atom is 0.233 e. The Morgan fingerprint density at radius 2 is 1.57 bits per heavy atom. The van der Waals surface area contributed by atoms with Gasteiger partial charge in [0.05, 0.1) is 18.4 Å². The SMILES string of the molecule is O=C(CN1C(=O)[C@@H]2CC=CC[C@H]2C1=O)c1ccc(Cl)cc1. The number of nitrogens with zero attached hydrogens (tertiary/aromatic N) is 1. The number of hydrogen-bond donors (Lipinski definition) is 0. The molecule has 108 valence electrons. The molecule has 1 heterocycles. The van der Waals surface area contributed by atoms with Gasteiger partial charge in [-0.1, -0.05) is 23.8 Å². The van der Waals surface area contributed by atoms with Crippen molar-refractivity contribution in [2.75, 3.05) is 6.54 Å². The van der Waals surface area contributed by atoms with Crippen molar-refractivity contribution < 1.29 is 14.4 Å². The zero-order valence-corrected chi connectivity index (χ0v) is 12.0. The smallest absolute Gasteiger partial charge is 0.233 e. The molecule has 0 bridgehead atoms. The summed E-state index contributed by atoms with van der Waals surface area (Å²) < 4.78 is 0. The van der Waals surface area contributed by atoms with Crippen molar-refractivity contribution in [3.8, 4) is 0 Å². The third-order valence-electron chi connectivity index (χ3n) is 4.07. The van der Waals surface area contributed by atoms with Crippen LogP contribution in [0.1, 0.15) is 23.2 Å². The highest BCUT2D eigenvalue weighted by molar-refractivity contribution is 6.30. The van der Waals surface area contributed by atoms with E-state index in [4.69, 9.17) is 11.6 Å². The van der Waals surface area contributed by atoms with E-state index in [1.54, 1.807) is 24.3 Å². The molecule has 2 aliphatic rings. The van der Waals surface area contributed by atoms with E-state index in [1.165, 1.54) is 0 Å². The van der Waals surface area contributed by atoms with Crippen LogP contribution in [0.2, 0.25) is 5.02 Å². The summed E-state index contributed by atoms with van der Waals surface area (Å²) in [7, 11) is 0. The minimum absolute atomic E-state index is 0.188. The molecule has 4 nitrogen and oxygen atoms in total. The van der Waals surface area contributed by atoms with Crippen molar-refractivity contribution in [3.63, 3.8) is 0 Å². The Bertz CT molecular complexity index is 609. The number of likely N-dealkylation sites (tertiary alicyclic amines) is 1. The van der Waals surface area contributed by atoms with Crippen LogP contribution in [-0.4, -0.2) is 29.0 Å². The van der Waals surface area contributed by atoms with Gasteiger partial charge in [0.25, 0.3) is 0 Å². The molecule has 1 aliphatic heterocycles. The summed E-state index contributed by atoms with van der Waals surface area (Å²) in [5, 5.41) is 0.539. The molecule has 0 radical (unpaired) electrons. The second kappa shape index (κ2) is 5.45. The number of carbonyl (C=O) groups is 3. The molecule has 2 amide bonds. The van der Waals surface area contributed by atoms with Gasteiger partial charge in [-0.25, -0.2) is 0 Å². The first-order chi connectivity index (χ1) is 10.1. The minimum atomic E-state index is -0.291. The lowest BCUT2D eigenvalue weighted by Crippen LogP contribution is -2.36. The number of halogens is 1. The van der Waals surface area contributed by atoms with Crippen molar-refractivity contribution >= 4 is 29.2 Å². The quantitative estimate of drug-likeness (QED) is 0.490. The molecule has 0 unspecified atom stereocenters. The van der Waals surface area contributed by atoms with Crippen LogP contribution < -0.4 is 0 Å². The van der Waals surface area contributed by atoms with Crippen LogP contribution in [0.4, 0.5) is 0 Å². The van der Waals surface area contributed by atoms with Crippen LogP contribution in [0.3, 0.4) is 0 Å². The molecule has 1 saturated heterocycles. The van der Waals surface area contributed by atoms with E-state index in [0.29, 0.717) is 23.4 Å². The first-order valence-electron chi connectivity index (χ1n) is 6.87. The predicted molar refractivity (Wildman–Crippen MR) is 77.9 cm³/mol. The Labute approximate surface area is 127 Å². The van der Waals surface area contributed by atoms with Crippen molar-refractivity contribution in [2.45, 2.75) is 12.8 Å². The van der Waals surface area contributed by atoms with E-state index in [2.05, 4.69) is 0 Å². The maximum atomic E-state index is 12.3. The Balaban J connectivity index is 1.76. The molecule has 0 saturated carbocycles. The second-order valence-corrected chi connectivity index (χ2v) is 5.78. The van der Waals surface area contributed by atoms with Crippen molar-refractivity contribution in [3.05, 3.63) is 47.0 Å². The van der Waals surface area contributed by atoms with Gasteiger partial charge in [0.2, 0.25) is 11.8 Å². The van der Waals surface area contributed by atoms with E-state index < -0.39 is 0 Å². The molecule has 0 spiro atoms. The fourth-order valence-corrected chi connectivity index (χ4v) is 3.02. The van der Waals surface area contributed by atoms with Gasteiger partial charge in [-0.3, -0.25) is 19.3 Å². The number of rotatable bonds is 3. The average molecular weight is 304 g/mol. The van der Waals surface area contributed by atoms with Crippen LogP contribution in [0.25, 0.3) is 0 Å². The predicted octanol–water partition coefficient (Wildman–Crippen LogP) is 2.47. The minimum Gasteiger partial charge on any atom is -0.292 e. The zero-order chi connectivity index (χ0) is 15.0. The number of benzene rings is 1. The number of Topliss-reactive ketones (excluding diaryl/α,β-unsaturated/α-hetero) is 1. The van der Waals surface area contributed by atoms with Gasteiger partial charge < -0.3 is 0 Å². The number of allylic oxidation sites excluding steroid dienone is 2. The fraction of sp³-hybridized carbons (Fsp3) is 0.312. The third kappa shape index (κ3) is 2.51. The molecule has 3 rings (SSSR count). The monoisotopic (exact) mass is 303 g/mol. The number of fused-ring (bicyclic) bond motifs is 1. The Morgan fingerprint density at radius 3 is 2.10 bits per heavy atom. The van der Waals surface area contributed by atoms with Gasteiger partial charge in [0.15, 0.2) is 5.78 Å². The summed E-state index contributed by atoms with van der Waals surface area (Å²) in [4.78, 5) is 37.9. The van der Waals surface area contributed by atoms with Gasteiger partial charge in [0.1, 0.15) is 0 Å². The van der Waals surface area contributed by atoms with Gasteiger partial charge in [-0.2, -0.15) is 0 Å². The molecule has 2 atom stereocenters. The van der Waals surface area contributed by atoms with E-state index in [0.717, 1.165) is 4.90 Å².